The molecule has 0 spiro atoms. The van der Waals surface area contributed by atoms with Crippen LogP contribution in [-0.2, 0) is 6.54 Å². The van der Waals surface area contributed by atoms with Crippen LogP contribution in [0.4, 0.5) is 10.1 Å². The zero-order chi connectivity index (χ0) is 15.2. The molecule has 118 valence electrons. The zero-order valence-corrected chi connectivity index (χ0v) is 13.5. The number of halogens is 2. The van der Waals surface area contributed by atoms with Gasteiger partial charge in [-0.2, -0.15) is 0 Å². The molecule has 0 saturated carbocycles. The second-order valence-corrected chi connectivity index (χ2v) is 4.91. The van der Waals surface area contributed by atoms with Gasteiger partial charge >= 0.3 is 0 Å². The SMILES string of the molecule is CCNCc1ccccc1NC(=O)c1cc(C)cc(F)c1.Cl. The summed E-state index contributed by atoms with van der Waals surface area (Å²) in [5.41, 5.74) is 2.79. The lowest BCUT2D eigenvalue weighted by Gasteiger charge is -2.11. The fraction of sp³-hybridized carbons (Fsp3) is 0.235. The van der Waals surface area contributed by atoms with Crippen LogP contribution in [0, 0.1) is 12.7 Å². The van der Waals surface area contributed by atoms with E-state index in [2.05, 4.69) is 10.6 Å². The van der Waals surface area contributed by atoms with Crippen molar-refractivity contribution in [1.29, 1.82) is 0 Å². The molecule has 2 rings (SSSR count). The average molecular weight is 323 g/mol. The van der Waals surface area contributed by atoms with E-state index in [0.717, 1.165) is 23.4 Å². The summed E-state index contributed by atoms with van der Waals surface area (Å²) >= 11 is 0. The van der Waals surface area contributed by atoms with Crippen LogP contribution in [-0.4, -0.2) is 12.5 Å². The van der Waals surface area contributed by atoms with Gasteiger partial charge in [0.2, 0.25) is 0 Å². The topological polar surface area (TPSA) is 41.1 Å². The van der Waals surface area contributed by atoms with Gasteiger partial charge in [-0.3, -0.25) is 4.79 Å². The van der Waals surface area contributed by atoms with E-state index in [1.807, 2.05) is 31.2 Å². The smallest absolute Gasteiger partial charge is 0.255 e. The fourth-order valence-electron chi connectivity index (χ4n) is 2.12. The fourth-order valence-corrected chi connectivity index (χ4v) is 2.12. The van der Waals surface area contributed by atoms with Gasteiger partial charge in [-0.05, 0) is 48.9 Å². The summed E-state index contributed by atoms with van der Waals surface area (Å²) in [5.74, 6) is -0.706. The van der Waals surface area contributed by atoms with Gasteiger partial charge in [-0.1, -0.05) is 25.1 Å². The number of amides is 1. The summed E-state index contributed by atoms with van der Waals surface area (Å²) in [6, 6.07) is 11.9. The quantitative estimate of drug-likeness (QED) is 0.876. The van der Waals surface area contributed by atoms with Crippen molar-refractivity contribution in [3.8, 4) is 0 Å². The van der Waals surface area contributed by atoms with Gasteiger partial charge < -0.3 is 10.6 Å². The second-order valence-electron chi connectivity index (χ2n) is 4.91. The molecule has 0 atom stereocenters. The van der Waals surface area contributed by atoms with Crippen molar-refractivity contribution < 1.29 is 9.18 Å². The lowest BCUT2D eigenvalue weighted by atomic mass is 10.1. The lowest BCUT2D eigenvalue weighted by molar-refractivity contribution is 0.102. The van der Waals surface area contributed by atoms with Gasteiger partial charge in [0.05, 0.1) is 0 Å². The van der Waals surface area contributed by atoms with E-state index < -0.39 is 5.82 Å². The first kappa shape index (κ1) is 18.1. The van der Waals surface area contributed by atoms with E-state index in [0.29, 0.717) is 12.1 Å². The molecule has 0 saturated heterocycles. The summed E-state index contributed by atoms with van der Waals surface area (Å²) in [5, 5.41) is 6.07. The highest BCUT2D eigenvalue weighted by Gasteiger charge is 2.10. The van der Waals surface area contributed by atoms with Gasteiger partial charge in [0, 0.05) is 17.8 Å². The average Bonchev–Trinajstić information content (AvgIpc) is 2.45. The number of rotatable bonds is 5. The normalized spacial score (nSPS) is 9.95. The molecule has 0 radical (unpaired) electrons. The Labute approximate surface area is 136 Å². The molecular formula is C17H20ClFN2O. The molecule has 0 aliphatic rings. The molecule has 2 aromatic rings. The molecule has 0 fully saturated rings. The maximum absolute atomic E-state index is 13.4. The maximum atomic E-state index is 13.4. The predicted octanol–water partition coefficient (Wildman–Crippen LogP) is 3.92. The van der Waals surface area contributed by atoms with Gasteiger partial charge in [-0.25, -0.2) is 4.39 Å². The highest BCUT2D eigenvalue weighted by Crippen LogP contribution is 2.17. The molecule has 0 aromatic heterocycles. The van der Waals surface area contributed by atoms with Gasteiger partial charge in [-0.15, -0.1) is 12.4 Å². The molecule has 5 heteroatoms. The third-order valence-corrected chi connectivity index (χ3v) is 3.14. The van der Waals surface area contributed by atoms with E-state index in [9.17, 15) is 9.18 Å². The summed E-state index contributed by atoms with van der Waals surface area (Å²) < 4.78 is 13.4. The highest BCUT2D eigenvalue weighted by molar-refractivity contribution is 6.04. The maximum Gasteiger partial charge on any atom is 0.255 e. The number of carbonyl (C=O) groups excluding carboxylic acids is 1. The summed E-state index contributed by atoms with van der Waals surface area (Å²) in [7, 11) is 0. The summed E-state index contributed by atoms with van der Waals surface area (Å²) in [6.45, 7) is 5.32. The van der Waals surface area contributed by atoms with E-state index in [1.54, 1.807) is 13.0 Å². The first-order valence-electron chi connectivity index (χ1n) is 6.97. The molecule has 0 unspecified atom stereocenters. The molecule has 2 N–H and O–H groups in total. The molecule has 2 aromatic carbocycles. The van der Waals surface area contributed by atoms with Crippen LogP contribution >= 0.6 is 12.4 Å². The van der Waals surface area contributed by atoms with Crippen molar-refractivity contribution in [2.75, 3.05) is 11.9 Å². The number of hydrogen-bond acceptors (Lipinski definition) is 2. The number of anilines is 1. The van der Waals surface area contributed by atoms with Crippen LogP contribution in [0.1, 0.15) is 28.4 Å². The summed E-state index contributed by atoms with van der Waals surface area (Å²) in [4.78, 5) is 12.2. The minimum Gasteiger partial charge on any atom is -0.322 e. The van der Waals surface area contributed by atoms with Crippen molar-refractivity contribution >= 4 is 24.0 Å². The van der Waals surface area contributed by atoms with Gasteiger partial charge in [0.15, 0.2) is 0 Å². The summed E-state index contributed by atoms with van der Waals surface area (Å²) in [6.07, 6.45) is 0. The van der Waals surface area contributed by atoms with Crippen LogP contribution in [0.3, 0.4) is 0 Å². The lowest BCUT2D eigenvalue weighted by Crippen LogP contribution is -2.17. The number of para-hydroxylation sites is 1. The van der Waals surface area contributed by atoms with Crippen molar-refractivity contribution in [3.63, 3.8) is 0 Å². The largest absolute Gasteiger partial charge is 0.322 e. The van der Waals surface area contributed by atoms with Gasteiger partial charge in [0.1, 0.15) is 5.82 Å². The van der Waals surface area contributed by atoms with Crippen molar-refractivity contribution in [2.45, 2.75) is 20.4 Å². The van der Waals surface area contributed by atoms with E-state index in [-0.39, 0.29) is 18.3 Å². The molecular weight excluding hydrogens is 303 g/mol. The molecule has 0 aliphatic heterocycles. The van der Waals surface area contributed by atoms with Crippen molar-refractivity contribution in [2.24, 2.45) is 0 Å². The first-order valence-corrected chi connectivity index (χ1v) is 6.97. The van der Waals surface area contributed by atoms with Gasteiger partial charge in [0.25, 0.3) is 5.91 Å². The van der Waals surface area contributed by atoms with Crippen LogP contribution in [0.25, 0.3) is 0 Å². The molecule has 0 bridgehead atoms. The number of benzene rings is 2. The Morgan fingerprint density at radius 1 is 1.18 bits per heavy atom. The Bertz CT molecular complexity index is 626. The Morgan fingerprint density at radius 3 is 2.59 bits per heavy atom. The predicted molar refractivity (Wildman–Crippen MR) is 90.2 cm³/mol. The van der Waals surface area contributed by atoms with Crippen molar-refractivity contribution in [1.82, 2.24) is 5.32 Å². The zero-order valence-electron chi connectivity index (χ0n) is 12.7. The van der Waals surface area contributed by atoms with Crippen LogP contribution in [0.2, 0.25) is 0 Å². The van der Waals surface area contributed by atoms with Crippen molar-refractivity contribution in [3.05, 3.63) is 65.0 Å². The molecule has 1 amide bonds. The Kier molecular flexibility index (Phi) is 7.02. The molecule has 3 nitrogen and oxygen atoms in total. The highest BCUT2D eigenvalue weighted by atomic mass is 35.5. The second kappa shape index (κ2) is 8.51. The van der Waals surface area contributed by atoms with Crippen LogP contribution < -0.4 is 10.6 Å². The molecule has 0 heterocycles. The number of hydrogen-bond donors (Lipinski definition) is 2. The number of nitrogens with one attached hydrogen (secondary N) is 2. The number of carbonyl (C=O) groups is 1. The first-order chi connectivity index (χ1) is 10.1. The third-order valence-electron chi connectivity index (χ3n) is 3.14. The van der Waals surface area contributed by atoms with Crippen LogP contribution in [0.15, 0.2) is 42.5 Å². The standard InChI is InChI=1S/C17H19FN2O.ClH/c1-3-19-11-13-6-4-5-7-16(13)20-17(21)14-8-12(2)9-15(18)10-14;/h4-10,19H,3,11H2,1-2H3,(H,20,21);1H. The minimum absolute atomic E-state index is 0. The van der Waals surface area contributed by atoms with E-state index >= 15 is 0 Å². The van der Waals surface area contributed by atoms with Crippen LogP contribution in [0.5, 0.6) is 0 Å². The molecule has 22 heavy (non-hydrogen) atoms. The van der Waals surface area contributed by atoms with E-state index in [1.165, 1.54) is 12.1 Å². The van der Waals surface area contributed by atoms with E-state index in [4.69, 9.17) is 0 Å². The Balaban J connectivity index is 0.00000242. The molecule has 0 aliphatic carbocycles. The minimum atomic E-state index is -0.402. The Hall–Kier alpha value is -1.91. The third kappa shape index (κ3) is 4.83. The monoisotopic (exact) mass is 322 g/mol. The Morgan fingerprint density at radius 2 is 1.91 bits per heavy atom. The number of aryl methyl sites for hydroxylation is 1.